The Bertz CT molecular complexity index is 1310. The van der Waals surface area contributed by atoms with Crippen molar-refractivity contribution in [2.45, 2.75) is 6.18 Å². The van der Waals surface area contributed by atoms with Crippen LogP contribution >= 0.6 is 11.6 Å². The van der Waals surface area contributed by atoms with Crippen molar-refractivity contribution in [2.75, 3.05) is 17.6 Å². The topological polar surface area (TPSA) is 110 Å². The van der Waals surface area contributed by atoms with Gasteiger partial charge in [-0.2, -0.15) is 13.2 Å². The van der Waals surface area contributed by atoms with E-state index in [1.54, 1.807) is 54.1 Å². The van der Waals surface area contributed by atoms with Gasteiger partial charge in [-0.25, -0.2) is 19.7 Å². The Hall–Kier alpha value is -3.86. The maximum absolute atomic E-state index is 12.3. The highest BCUT2D eigenvalue weighted by atomic mass is 35.5. The fourth-order valence-corrected chi connectivity index (χ4v) is 3.06. The Kier molecular flexibility index (Phi) is 5.57. The van der Waals surface area contributed by atoms with Gasteiger partial charge in [0.25, 0.3) is 0 Å². The number of halogens is 4. The van der Waals surface area contributed by atoms with Crippen molar-refractivity contribution in [3.05, 3.63) is 60.0 Å². The molecule has 0 radical (unpaired) electrons. The molecule has 0 aliphatic carbocycles. The molecule has 0 fully saturated rings. The number of nitrogens with zero attached hydrogens (tertiary/aromatic N) is 4. The number of alkyl halides is 3. The molecule has 0 saturated heterocycles. The van der Waals surface area contributed by atoms with Crippen LogP contribution in [-0.4, -0.2) is 38.1 Å². The smallest absolute Gasteiger partial charge is 0.382 e. The van der Waals surface area contributed by atoms with Crippen LogP contribution in [0, 0.1) is 0 Å². The first-order valence-corrected chi connectivity index (χ1v) is 9.55. The highest BCUT2D eigenvalue weighted by Crippen LogP contribution is 2.27. The average molecular weight is 462 g/mol. The predicted octanol–water partition coefficient (Wildman–Crippen LogP) is 4.38. The van der Waals surface area contributed by atoms with Crippen molar-refractivity contribution < 1.29 is 18.0 Å². The molecule has 3 aromatic heterocycles. The van der Waals surface area contributed by atoms with E-state index >= 15 is 0 Å². The summed E-state index contributed by atoms with van der Waals surface area (Å²) < 4.78 is 38.6. The van der Waals surface area contributed by atoms with Crippen LogP contribution < -0.4 is 16.4 Å². The molecule has 4 rings (SSSR count). The maximum atomic E-state index is 12.3. The number of benzene rings is 1. The SMILES string of the molecule is Nc1nc(-c2ccn3c(-c4cccc(NC(=O)NCC(F)(F)F)c4)cnc3c2)ncc1Cl. The largest absolute Gasteiger partial charge is 0.405 e. The van der Waals surface area contributed by atoms with Crippen molar-refractivity contribution in [1.82, 2.24) is 24.7 Å². The van der Waals surface area contributed by atoms with E-state index in [0.29, 0.717) is 34.0 Å². The van der Waals surface area contributed by atoms with Crippen LogP contribution in [0.3, 0.4) is 0 Å². The number of anilines is 2. The standard InChI is InChI=1S/C20H15ClF3N7O/c21-14-8-27-18(30-17(14)25)12-4-5-31-15(9-26-16(31)7-12)11-2-1-3-13(6-11)29-19(32)28-10-20(22,23)24/h1-9H,10H2,(H2,25,27,30)(H2,28,29,32). The summed E-state index contributed by atoms with van der Waals surface area (Å²) in [6.07, 6.45) is 0.345. The second kappa shape index (κ2) is 8.35. The first-order valence-electron chi connectivity index (χ1n) is 9.17. The van der Waals surface area contributed by atoms with Crippen molar-refractivity contribution in [2.24, 2.45) is 0 Å². The first kappa shape index (κ1) is 21.4. The van der Waals surface area contributed by atoms with E-state index in [2.05, 4.69) is 20.3 Å². The Morgan fingerprint density at radius 1 is 1.12 bits per heavy atom. The number of aromatic nitrogens is 4. The summed E-state index contributed by atoms with van der Waals surface area (Å²) in [5.74, 6) is 0.569. The molecule has 0 atom stereocenters. The third-order valence-electron chi connectivity index (χ3n) is 4.41. The molecule has 164 valence electrons. The van der Waals surface area contributed by atoms with Crippen LogP contribution in [0.4, 0.5) is 29.5 Å². The number of nitrogen functional groups attached to an aromatic ring is 1. The Morgan fingerprint density at radius 2 is 1.94 bits per heavy atom. The van der Waals surface area contributed by atoms with Gasteiger partial charge in [-0.05, 0) is 24.3 Å². The molecule has 32 heavy (non-hydrogen) atoms. The number of amides is 2. The molecule has 0 saturated carbocycles. The summed E-state index contributed by atoms with van der Waals surface area (Å²) in [6.45, 7) is -1.42. The summed E-state index contributed by atoms with van der Waals surface area (Å²) in [4.78, 5) is 24.5. The van der Waals surface area contributed by atoms with Gasteiger partial charge in [-0.3, -0.25) is 4.40 Å². The van der Waals surface area contributed by atoms with Gasteiger partial charge in [0.15, 0.2) is 5.82 Å². The van der Waals surface area contributed by atoms with Gasteiger partial charge in [-0.1, -0.05) is 23.7 Å². The van der Waals surface area contributed by atoms with Gasteiger partial charge < -0.3 is 16.4 Å². The molecule has 4 aromatic rings. The number of carbonyl (C=O) groups is 1. The van der Waals surface area contributed by atoms with Gasteiger partial charge >= 0.3 is 12.2 Å². The van der Waals surface area contributed by atoms with Gasteiger partial charge in [0.2, 0.25) is 0 Å². The summed E-state index contributed by atoms with van der Waals surface area (Å²) in [5, 5.41) is 4.41. The average Bonchev–Trinajstić information content (AvgIpc) is 3.17. The molecular formula is C20H15ClF3N7O. The van der Waals surface area contributed by atoms with Crippen LogP contribution in [-0.2, 0) is 0 Å². The Balaban J connectivity index is 1.58. The molecule has 2 amide bonds. The van der Waals surface area contributed by atoms with Crippen LogP contribution in [0.2, 0.25) is 5.02 Å². The lowest BCUT2D eigenvalue weighted by molar-refractivity contribution is -0.122. The zero-order chi connectivity index (χ0) is 22.9. The summed E-state index contributed by atoms with van der Waals surface area (Å²) in [7, 11) is 0. The first-order chi connectivity index (χ1) is 15.2. The van der Waals surface area contributed by atoms with Crippen molar-refractivity contribution in [1.29, 1.82) is 0 Å². The number of carbonyl (C=O) groups excluding carboxylic acids is 1. The zero-order valence-electron chi connectivity index (χ0n) is 16.2. The monoisotopic (exact) mass is 461 g/mol. The number of nitrogens with one attached hydrogen (secondary N) is 2. The molecule has 0 aliphatic rings. The lowest BCUT2D eigenvalue weighted by Gasteiger charge is -2.11. The van der Waals surface area contributed by atoms with E-state index in [0.717, 1.165) is 0 Å². The van der Waals surface area contributed by atoms with Gasteiger partial charge in [0, 0.05) is 23.0 Å². The third-order valence-corrected chi connectivity index (χ3v) is 4.70. The maximum Gasteiger partial charge on any atom is 0.405 e. The number of fused-ring (bicyclic) bond motifs is 1. The highest BCUT2D eigenvalue weighted by molar-refractivity contribution is 6.32. The van der Waals surface area contributed by atoms with Crippen LogP contribution in [0.1, 0.15) is 0 Å². The number of nitrogens with two attached hydrogens (primary N) is 1. The molecule has 3 heterocycles. The zero-order valence-corrected chi connectivity index (χ0v) is 16.9. The quantitative estimate of drug-likeness (QED) is 0.418. The number of pyridine rings is 1. The normalized spacial score (nSPS) is 11.5. The Labute approximate surface area is 184 Å². The number of urea groups is 1. The lowest BCUT2D eigenvalue weighted by Crippen LogP contribution is -2.36. The fraction of sp³-hybridized carbons (Fsp3) is 0.100. The molecular weight excluding hydrogens is 447 g/mol. The molecule has 0 aliphatic heterocycles. The predicted molar refractivity (Wildman–Crippen MR) is 114 cm³/mol. The number of imidazole rings is 1. The second-order valence-corrected chi connectivity index (χ2v) is 7.12. The molecule has 8 nitrogen and oxygen atoms in total. The van der Waals surface area contributed by atoms with Crippen molar-refractivity contribution >= 4 is 34.8 Å². The van der Waals surface area contributed by atoms with E-state index in [4.69, 9.17) is 17.3 Å². The minimum absolute atomic E-state index is 0.171. The van der Waals surface area contributed by atoms with E-state index in [1.165, 1.54) is 6.20 Å². The minimum atomic E-state index is -4.49. The van der Waals surface area contributed by atoms with E-state index in [1.807, 2.05) is 4.40 Å². The van der Waals surface area contributed by atoms with E-state index in [-0.39, 0.29) is 10.8 Å². The van der Waals surface area contributed by atoms with Gasteiger partial charge in [0.05, 0.1) is 18.1 Å². The van der Waals surface area contributed by atoms with E-state index in [9.17, 15) is 18.0 Å². The van der Waals surface area contributed by atoms with Gasteiger partial charge in [0.1, 0.15) is 23.0 Å². The number of hydrogen-bond donors (Lipinski definition) is 3. The second-order valence-electron chi connectivity index (χ2n) is 6.72. The fourth-order valence-electron chi connectivity index (χ4n) is 2.96. The van der Waals surface area contributed by atoms with Crippen LogP contribution in [0.25, 0.3) is 28.3 Å². The van der Waals surface area contributed by atoms with Crippen molar-refractivity contribution in [3.63, 3.8) is 0 Å². The molecule has 0 spiro atoms. The van der Waals surface area contributed by atoms with Crippen LogP contribution in [0.15, 0.2) is 55.0 Å². The molecule has 0 bridgehead atoms. The Morgan fingerprint density at radius 3 is 2.69 bits per heavy atom. The molecule has 0 unspecified atom stereocenters. The number of hydrogen-bond acceptors (Lipinski definition) is 5. The summed E-state index contributed by atoms with van der Waals surface area (Å²) in [6, 6.07) is 9.27. The number of rotatable bonds is 4. The summed E-state index contributed by atoms with van der Waals surface area (Å²) in [5.41, 5.74) is 8.79. The lowest BCUT2D eigenvalue weighted by atomic mass is 10.1. The molecule has 4 N–H and O–H groups in total. The molecule has 1 aromatic carbocycles. The highest BCUT2D eigenvalue weighted by Gasteiger charge is 2.27. The van der Waals surface area contributed by atoms with Gasteiger partial charge in [-0.15, -0.1) is 0 Å². The van der Waals surface area contributed by atoms with E-state index < -0.39 is 18.8 Å². The van der Waals surface area contributed by atoms with Crippen molar-refractivity contribution in [3.8, 4) is 22.6 Å². The third kappa shape index (κ3) is 4.72. The minimum Gasteiger partial charge on any atom is -0.382 e. The molecule has 12 heteroatoms. The van der Waals surface area contributed by atoms with Crippen LogP contribution in [0.5, 0.6) is 0 Å². The summed E-state index contributed by atoms with van der Waals surface area (Å²) >= 11 is 5.87.